The van der Waals surface area contributed by atoms with Crippen LogP contribution in [-0.2, 0) is 15.4 Å². The Hall–Kier alpha value is -1.49. The van der Waals surface area contributed by atoms with Gasteiger partial charge in [-0.2, -0.15) is 0 Å². The molecule has 1 rings (SSSR count). The quantitative estimate of drug-likeness (QED) is 0.579. The molecule has 0 radical (unpaired) electrons. The summed E-state index contributed by atoms with van der Waals surface area (Å²) in [7, 11) is 0. The molecule has 1 aromatic heterocycles. The molecule has 16 heavy (non-hydrogen) atoms. The molecule has 6 heteroatoms. The molecule has 0 aliphatic carbocycles. The van der Waals surface area contributed by atoms with Gasteiger partial charge in [0.05, 0.1) is 12.5 Å². The lowest BCUT2D eigenvalue weighted by molar-refractivity contribution is -0.145. The van der Waals surface area contributed by atoms with Crippen molar-refractivity contribution in [3.63, 3.8) is 0 Å². The van der Waals surface area contributed by atoms with E-state index in [4.69, 9.17) is 20.8 Å². The fourth-order valence-corrected chi connectivity index (χ4v) is 1.09. The van der Waals surface area contributed by atoms with Crippen molar-refractivity contribution in [1.29, 1.82) is 0 Å². The van der Waals surface area contributed by atoms with E-state index in [0.29, 0.717) is 5.76 Å². The predicted octanol–water partition coefficient (Wildman–Crippen LogP) is 1.32. The van der Waals surface area contributed by atoms with Crippen molar-refractivity contribution in [1.82, 2.24) is 0 Å². The second-order valence-electron chi connectivity index (χ2n) is 2.80. The van der Waals surface area contributed by atoms with E-state index >= 15 is 0 Å². The van der Waals surface area contributed by atoms with Gasteiger partial charge in [-0.15, -0.1) is 11.6 Å². The lowest BCUT2D eigenvalue weighted by Gasteiger charge is -2.04. The average Bonchev–Trinajstić information content (AvgIpc) is 2.27. The summed E-state index contributed by atoms with van der Waals surface area (Å²) in [6.07, 6.45) is 1.12. The van der Waals surface area contributed by atoms with Crippen molar-refractivity contribution in [3.8, 4) is 5.75 Å². The zero-order valence-electron chi connectivity index (χ0n) is 8.70. The number of ether oxygens (including phenoxy) is 2. The Morgan fingerprint density at radius 1 is 1.56 bits per heavy atom. The maximum Gasteiger partial charge on any atom is 0.344 e. The SMILES string of the molecule is CCOC(=O)COc1coc(CCl)cc1=O. The number of carbonyl (C=O) groups is 1. The minimum Gasteiger partial charge on any atom is -0.475 e. The van der Waals surface area contributed by atoms with Crippen molar-refractivity contribution in [2.45, 2.75) is 12.8 Å². The Morgan fingerprint density at radius 3 is 2.88 bits per heavy atom. The van der Waals surface area contributed by atoms with Crippen molar-refractivity contribution >= 4 is 17.6 Å². The first-order valence-electron chi connectivity index (χ1n) is 4.63. The van der Waals surface area contributed by atoms with Crippen molar-refractivity contribution in [3.05, 3.63) is 28.3 Å². The molecule has 0 saturated carbocycles. The highest BCUT2D eigenvalue weighted by molar-refractivity contribution is 6.16. The molecule has 0 spiro atoms. The fraction of sp³-hybridized carbons (Fsp3) is 0.400. The van der Waals surface area contributed by atoms with Gasteiger partial charge in [-0.3, -0.25) is 4.79 Å². The second-order valence-corrected chi connectivity index (χ2v) is 3.07. The van der Waals surface area contributed by atoms with E-state index < -0.39 is 5.97 Å². The number of esters is 1. The normalized spacial score (nSPS) is 9.88. The van der Waals surface area contributed by atoms with Crippen LogP contribution in [0.3, 0.4) is 0 Å². The van der Waals surface area contributed by atoms with Gasteiger partial charge >= 0.3 is 5.97 Å². The van der Waals surface area contributed by atoms with Gasteiger partial charge in [-0.25, -0.2) is 4.79 Å². The maximum atomic E-state index is 11.4. The van der Waals surface area contributed by atoms with E-state index in [0.717, 1.165) is 6.26 Å². The molecular weight excluding hydrogens is 236 g/mol. The van der Waals surface area contributed by atoms with Crippen molar-refractivity contribution in [2.75, 3.05) is 13.2 Å². The molecule has 1 heterocycles. The maximum absolute atomic E-state index is 11.4. The van der Waals surface area contributed by atoms with Crippen LogP contribution in [0.15, 0.2) is 21.5 Å². The molecule has 0 bridgehead atoms. The Labute approximate surface area is 96.9 Å². The first-order valence-corrected chi connectivity index (χ1v) is 5.17. The Balaban J connectivity index is 2.61. The third kappa shape index (κ3) is 3.58. The van der Waals surface area contributed by atoms with Gasteiger partial charge < -0.3 is 13.9 Å². The summed E-state index contributed by atoms with van der Waals surface area (Å²) in [5.74, 6) is -0.131. The molecule has 0 amide bonds. The summed E-state index contributed by atoms with van der Waals surface area (Å²) in [6.45, 7) is 1.63. The lowest BCUT2D eigenvalue weighted by atomic mass is 10.4. The zero-order chi connectivity index (χ0) is 12.0. The smallest absolute Gasteiger partial charge is 0.344 e. The van der Waals surface area contributed by atoms with Crippen LogP contribution in [-0.4, -0.2) is 19.2 Å². The molecule has 0 atom stereocenters. The first kappa shape index (κ1) is 12.6. The summed E-state index contributed by atoms with van der Waals surface area (Å²) < 4.78 is 14.5. The van der Waals surface area contributed by atoms with Gasteiger partial charge in [-0.05, 0) is 6.92 Å². The van der Waals surface area contributed by atoms with E-state index in [1.165, 1.54) is 6.07 Å². The van der Waals surface area contributed by atoms with E-state index in [-0.39, 0.29) is 30.3 Å². The standard InChI is InChI=1S/C10H11ClO5/c1-2-14-10(13)6-16-9-5-15-7(4-11)3-8(9)12/h3,5H,2,4,6H2,1H3. The van der Waals surface area contributed by atoms with Gasteiger partial charge in [-0.1, -0.05) is 0 Å². The van der Waals surface area contributed by atoms with Crippen molar-refractivity contribution in [2.24, 2.45) is 0 Å². The summed E-state index contributed by atoms with van der Waals surface area (Å²) >= 11 is 5.47. The molecule has 0 saturated heterocycles. The molecule has 0 aliphatic rings. The largest absolute Gasteiger partial charge is 0.475 e. The number of hydrogen-bond donors (Lipinski definition) is 0. The average molecular weight is 247 g/mol. The fourth-order valence-electron chi connectivity index (χ4n) is 0.953. The predicted molar refractivity (Wildman–Crippen MR) is 56.7 cm³/mol. The summed E-state index contributed by atoms with van der Waals surface area (Å²) in [6, 6.07) is 1.22. The molecule has 0 aliphatic heterocycles. The highest BCUT2D eigenvalue weighted by Crippen LogP contribution is 2.07. The van der Waals surface area contributed by atoms with E-state index in [1.54, 1.807) is 6.92 Å². The molecule has 0 unspecified atom stereocenters. The van der Waals surface area contributed by atoms with Gasteiger partial charge in [0.2, 0.25) is 11.2 Å². The molecule has 5 nitrogen and oxygen atoms in total. The summed E-state index contributed by atoms with van der Waals surface area (Å²) in [5, 5.41) is 0. The lowest BCUT2D eigenvalue weighted by Crippen LogP contribution is -2.17. The number of alkyl halides is 1. The number of hydrogen-bond acceptors (Lipinski definition) is 5. The molecule has 1 aromatic rings. The van der Waals surface area contributed by atoms with Crippen LogP contribution in [0.2, 0.25) is 0 Å². The number of rotatable bonds is 5. The zero-order valence-corrected chi connectivity index (χ0v) is 9.45. The van der Waals surface area contributed by atoms with E-state index in [9.17, 15) is 9.59 Å². The van der Waals surface area contributed by atoms with Gasteiger partial charge in [0.15, 0.2) is 6.61 Å². The second kappa shape index (κ2) is 6.17. The van der Waals surface area contributed by atoms with E-state index in [2.05, 4.69) is 4.74 Å². The topological polar surface area (TPSA) is 65.7 Å². The minimum absolute atomic E-state index is 0.0399. The number of halogens is 1. The van der Waals surface area contributed by atoms with E-state index in [1.807, 2.05) is 0 Å². The molecule has 0 fully saturated rings. The third-order valence-electron chi connectivity index (χ3n) is 1.63. The van der Waals surface area contributed by atoms with Crippen LogP contribution in [0, 0.1) is 0 Å². The highest BCUT2D eigenvalue weighted by Gasteiger charge is 2.07. The van der Waals surface area contributed by atoms with Crippen molar-refractivity contribution < 1.29 is 18.7 Å². The molecule has 88 valence electrons. The summed E-state index contributed by atoms with van der Waals surface area (Å²) in [5.41, 5.74) is -0.383. The Kier molecular flexibility index (Phi) is 4.85. The summed E-state index contributed by atoms with van der Waals surface area (Å²) in [4.78, 5) is 22.3. The minimum atomic E-state index is -0.539. The monoisotopic (exact) mass is 246 g/mol. The van der Waals surface area contributed by atoms with Crippen LogP contribution in [0.25, 0.3) is 0 Å². The molecule has 0 N–H and O–H groups in total. The molecule has 0 aromatic carbocycles. The third-order valence-corrected chi connectivity index (χ3v) is 1.90. The van der Waals surface area contributed by atoms with Gasteiger partial charge in [0.25, 0.3) is 0 Å². The van der Waals surface area contributed by atoms with Crippen LogP contribution in [0.4, 0.5) is 0 Å². The molecular formula is C10H11ClO5. The number of carbonyl (C=O) groups excluding carboxylic acids is 1. The Bertz CT molecular complexity index is 412. The highest BCUT2D eigenvalue weighted by atomic mass is 35.5. The van der Waals surface area contributed by atoms with Gasteiger partial charge in [0, 0.05) is 6.07 Å². The Morgan fingerprint density at radius 2 is 2.31 bits per heavy atom. The van der Waals surface area contributed by atoms with Crippen LogP contribution < -0.4 is 10.2 Å². The van der Waals surface area contributed by atoms with Gasteiger partial charge in [0.1, 0.15) is 12.0 Å². The van der Waals surface area contributed by atoms with Crippen LogP contribution in [0.5, 0.6) is 5.75 Å². The van der Waals surface area contributed by atoms with Crippen LogP contribution >= 0.6 is 11.6 Å². The van der Waals surface area contributed by atoms with Crippen LogP contribution in [0.1, 0.15) is 12.7 Å². The first-order chi connectivity index (χ1) is 7.67.